The molecule has 17 heavy (non-hydrogen) atoms. The van der Waals surface area contributed by atoms with Gasteiger partial charge in [0.1, 0.15) is 0 Å². The van der Waals surface area contributed by atoms with Gasteiger partial charge in [0, 0.05) is 35.7 Å². The first-order valence-electron chi connectivity index (χ1n) is 5.32. The zero-order valence-electron chi connectivity index (χ0n) is 9.53. The SMILES string of the molecule is C=CC(=O)NCCNC(=O)NC1CSCSC1. The van der Waals surface area contributed by atoms with Gasteiger partial charge < -0.3 is 16.0 Å². The second kappa shape index (κ2) is 8.30. The van der Waals surface area contributed by atoms with E-state index < -0.39 is 0 Å². The Balaban J connectivity index is 2.04. The van der Waals surface area contributed by atoms with Gasteiger partial charge in [0.25, 0.3) is 0 Å². The topological polar surface area (TPSA) is 70.2 Å². The summed E-state index contributed by atoms with van der Waals surface area (Å²) in [5, 5.41) is 9.28. The van der Waals surface area contributed by atoms with Gasteiger partial charge in [0.15, 0.2) is 0 Å². The van der Waals surface area contributed by atoms with Crippen LogP contribution in [-0.4, -0.2) is 47.7 Å². The molecule has 3 amide bonds. The molecule has 0 spiro atoms. The van der Waals surface area contributed by atoms with E-state index in [1.807, 2.05) is 23.5 Å². The molecule has 1 heterocycles. The molecule has 5 nitrogen and oxygen atoms in total. The Hall–Kier alpha value is -0.820. The van der Waals surface area contributed by atoms with Crippen molar-refractivity contribution in [2.45, 2.75) is 6.04 Å². The minimum Gasteiger partial charge on any atom is -0.351 e. The molecule has 0 atom stereocenters. The molecule has 0 radical (unpaired) electrons. The molecule has 3 N–H and O–H groups in total. The Kier molecular flexibility index (Phi) is 6.95. The van der Waals surface area contributed by atoms with Crippen molar-refractivity contribution in [2.24, 2.45) is 0 Å². The van der Waals surface area contributed by atoms with Gasteiger partial charge in [-0.2, -0.15) is 0 Å². The molecule has 1 aliphatic heterocycles. The van der Waals surface area contributed by atoms with Gasteiger partial charge in [-0.15, -0.1) is 23.5 Å². The number of urea groups is 1. The van der Waals surface area contributed by atoms with Gasteiger partial charge in [-0.3, -0.25) is 4.79 Å². The quantitative estimate of drug-likeness (QED) is 0.501. The summed E-state index contributed by atoms with van der Waals surface area (Å²) in [5.41, 5.74) is 0. The van der Waals surface area contributed by atoms with Crippen molar-refractivity contribution in [3.05, 3.63) is 12.7 Å². The second-order valence-electron chi connectivity index (χ2n) is 3.45. The standard InChI is InChI=1S/C10H17N3O2S2/c1-2-9(14)11-3-4-12-10(15)13-8-5-16-7-17-6-8/h2,8H,1,3-7H2,(H,11,14)(H2,12,13,15). The first-order valence-corrected chi connectivity index (χ1v) is 7.63. The molecule has 0 unspecified atom stereocenters. The summed E-state index contributed by atoms with van der Waals surface area (Å²) in [7, 11) is 0. The van der Waals surface area contributed by atoms with Crippen molar-refractivity contribution < 1.29 is 9.59 Å². The average Bonchev–Trinajstić information content (AvgIpc) is 2.35. The molecule has 1 rings (SSSR count). The largest absolute Gasteiger partial charge is 0.351 e. The van der Waals surface area contributed by atoms with E-state index in [1.54, 1.807) is 0 Å². The van der Waals surface area contributed by atoms with Crippen LogP contribution >= 0.6 is 23.5 Å². The van der Waals surface area contributed by atoms with Gasteiger partial charge >= 0.3 is 6.03 Å². The molecule has 0 saturated carbocycles. The smallest absolute Gasteiger partial charge is 0.315 e. The van der Waals surface area contributed by atoms with Crippen LogP contribution < -0.4 is 16.0 Å². The molecule has 96 valence electrons. The maximum Gasteiger partial charge on any atom is 0.315 e. The second-order valence-corrected chi connectivity index (χ2v) is 5.88. The van der Waals surface area contributed by atoms with Crippen LogP contribution in [0.2, 0.25) is 0 Å². The van der Waals surface area contributed by atoms with Crippen LogP contribution in [-0.2, 0) is 4.79 Å². The number of hydrogen-bond donors (Lipinski definition) is 3. The number of nitrogens with one attached hydrogen (secondary N) is 3. The van der Waals surface area contributed by atoms with Crippen LogP contribution in [0, 0.1) is 0 Å². The summed E-state index contributed by atoms with van der Waals surface area (Å²) in [4.78, 5) is 22.3. The molecule has 1 aliphatic rings. The Labute approximate surface area is 110 Å². The Morgan fingerprint density at radius 2 is 1.88 bits per heavy atom. The lowest BCUT2D eigenvalue weighted by molar-refractivity contribution is -0.116. The van der Waals surface area contributed by atoms with Crippen molar-refractivity contribution in [3.8, 4) is 0 Å². The number of carbonyl (C=O) groups excluding carboxylic acids is 2. The average molecular weight is 275 g/mol. The third-order valence-corrected chi connectivity index (χ3v) is 4.64. The molecule has 7 heteroatoms. The molecule has 1 fully saturated rings. The third kappa shape index (κ3) is 6.48. The summed E-state index contributed by atoms with van der Waals surface area (Å²) in [6, 6.07) is 0.0625. The lowest BCUT2D eigenvalue weighted by Gasteiger charge is -2.22. The molecule has 0 aromatic heterocycles. The summed E-state index contributed by atoms with van der Waals surface area (Å²) in [6.45, 7) is 4.16. The van der Waals surface area contributed by atoms with E-state index in [1.165, 1.54) is 6.08 Å². The highest BCUT2D eigenvalue weighted by Crippen LogP contribution is 2.20. The Morgan fingerprint density at radius 1 is 1.24 bits per heavy atom. The summed E-state index contributed by atoms with van der Waals surface area (Å²) in [5.74, 6) is 1.70. The van der Waals surface area contributed by atoms with E-state index in [-0.39, 0.29) is 18.0 Å². The van der Waals surface area contributed by atoms with Gasteiger partial charge in [-0.05, 0) is 6.08 Å². The molecular formula is C10H17N3O2S2. The van der Waals surface area contributed by atoms with Crippen molar-refractivity contribution in [2.75, 3.05) is 29.7 Å². The minimum atomic E-state index is -0.229. The predicted molar refractivity (Wildman–Crippen MR) is 73.3 cm³/mol. The van der Waals surface area contributed by atoms with E-state index >= 15 is 0 Å². The van der Waals surface area contributed by atoms with Crippen molar-refractivity contribution in [3.63, 3.8) is 0 Å². The third-order valence-electron chi connectivity index (χ3n) is 2.04. The van der Waals surface area contributed by atoms with Crippen LogP contribution in [0.3, 0.4) is 0 Å². The fourth-order valence-corrected chi connectivity index (χ4v) is 3.60. The Morgan fingerprint density at radius 3 is 2.53 bits per heavy atom. The fourth-order valence-electron chi connectivity index (χ4n) is 1.24. The lowest BCUT2D eigenvalue weighted by Crippen LogP contribution is -2.47. The molecule has 1 saturated heterocycles. The van der Waals surface area contributed by atoms with Crippen LogP contribution in [0.1, 0.15) is 0 Å². The molecule has 0 aliphatic carbocycles. The van der Waals surface area contributed by atoms with E-state index in [0.717, 1.165) is 16.6 Å². The number of rotatable bonds is 5. The van der Waals surface area contributed by atoms with Crippen molar-refractivity contribution in [1.82, 2.24) is 16.0 Å². The predicted octanol–water partition coefficient (Wildman–Crippen LogP) is 0.394. The zero-order valence-corrected chi connectivity index (χ0v) is 11.2. The summed E-state index contributed by atoms with van der Waals surface area (Å²) >= 11 is 3.67. The summed E-state index contributed by atoms with van der Waals surface area (Å²) < 4.78 is 0. The number of carbonyl (C=O) groups is 2. The van der Waals surface area contributed by atoms with Crippen LogP contribution in [0.15, 0.2) is 12.7 Å². The van der Waals surface area contributed by atoms with Crippen molar-refractivity contribution >= 4 is 35.5 Å². The highest BCUT2D eigenvalue weighted by Gasteiger charge is 2.15. The zero-order chi connectivity index (χ0) is 12.5. The molecular weight excluding hydrogens is 258 g/mol. The van der Waals surface area contributed by atoms with Crippen LogP contribution in [0.4, 0.5) is 4.79 Å². The number of hydrogen-bond acceptors (Lipinski definition) is 4. The highest BCUT2D eigenvalue weighted by atomic mass is 32.2. The highest BCUT2D eigenvalue weighted by molar-refractivity contribution is 8.16. The van der Waals surface area contributed by atoms with Gasteiger partial charge in [0.2, 0.25) is 5.91 Å². The van der Waals surface area contributed by atoms with Gasteiger partial charge in [-0.25, -0.2) is 4.79 Å². The maximum absolute atomic E-state index is 11.5. The van der Waals surface area contributed by atoms with Crippen LogP contribution in [0.25, 0.3) is 0 Å². The normalized spacial score (nSPS) is 16.0. The number of amides is 3. The van der Waals surface area contributed by atoms with Crippen molar-refractivity contribution in [1.29, 1.82) is 0 Å². The van der Waals surface area contributed by atoms with E-state index in [2.05, 4.69) is 22.5 Å². The van der Waals surface area contributed by atoms with Gasteiger partial charge in [0.05, 0.1) is 0 Å². The van der Waals surface area contributed by atoms with E-state index in [4.69, 9.17) is 0 Å². The fraction of sp³-hybridized carbons (Fsp3) is 0.600. The number of thioether (sulfide) groups is 2. The van der Waals surface area contributed by atoms with Gasteiger partial charge in [-0.1, -0.05) is 6.58 Å². The minimum absolute atomic E-state index is 0.175. The first-order chi connectivity index (χ1) is 8.22. The maximum atomic E-state index is 11.5. The molecule has 0 aromatic carbocycles. The molecule has 0 aromatic rings. The monoisotopic (exact) mass is 275 g/mol. The summed E-state index contributed by atoms with van der Waals surface area (Å²) in [6.07, 6.45) is 1.20. The molecule has 0 bridgehead atoms. The van der Waals surface area contributed by atoms with E-state index in [0.29, 0.717) is 13.1 Å². The lowest BCUT2D eigenvalue weighted by atomic mass is 10.4. The van der Waals surface area contributed by atoms with E-state index in [9.17, 15) is 9.59 Å². The van der Waals surface area contributed by atoms with Crippen LogP contribution in [0.5, 0.6) is 0 Å². The first kappa shape index (κ1) is 14.2. The Bertz CT molecular complexity index is 281.